The molecule has 1 aliphatic heterocycles. The van der Waals surface area contributed by atoms with Gasteiger partial charge in [0.1, 0.15) is 19.3 Å². The summed E-state index contributed by atoms with van der Waals surface area (Å²) in [5.74, 6) is -5.42. The topological polar surface area (TPSA) is 251 Å². The first-order valence-electron chi connectivity index (χ1n) is 14.0. The summed E-state index contributed by atoms with van der Waals surface area (Å²) in [4.78, 5) is 33.4. The van der Waals surface area contributed by atoms with E-state index in [9.17, 15) is 34.8 Å². The molecule has 50 heavy (non-hydrogen) atoms. The second-order valence-corrected chi connectivity index (χ2v) is 9.98. The molecule has 4 rings (SSSR count). The highest BCUT2D eigenvalue weighted by Gasteiger charge is 2.24. The molecule has 7 N–H and O–H groups in total. The van der Waals surface area contributed by atoms with Crippen molar-refractivity contribution in [2.24, 2.45) is 0 Å². The molecular weight excluding hydrogens is 732 g/mol. The smallest absolute Gasteiger partial charge is 0.338 e. The molecule has 1 heterocycles. The van der Waals surface area contributed by atoms with Gasteiger partial charge in [0.2, 0.25) is 11.5 Å². The molecule has 17 heteroatoms. The van der Waals surface area contributed by atoms with Crippen LogP contribution in [0.2, 0.25) is 0 Å². The van der Waals surface area contributed by atoms with Crippen molar-refractivity contribution < 1.29 is 78.6 Å². The number of rotatable bonds is 10. The molecule has 0 radical (unpaired) electrons. The van der Waals surface area contributed by atoms with Gasteiger partial charge in [-0.2, -0.15) is 0 Å². The molecule has 1 aliphatic rings. The number of esters is 3. The Morgan fingerprint density at radius 1 is 0.680 bits per heavy atom. The van der Waals surface area contributed by atoms with E-state index in [1.54, 1.807) is 6.08 Å². The zero-order valence-corrected chi connectivity index (χ0v) is 28.7. The maximum atomic E-state index is 11.3. The number of halogens is 1. The van der Waals surface area contributed by atoms with Gasteiger partial charge in [0.15, 0.2) is 40.2 Å². The van der Waals surface area contributed by atoms with E-state index < -0.39 is 58.2 Å². The second kappa shape index (κ2) is 21.2. The molecule has 16 nitrogen and oxygen atoms in total. The van der Waals surface area contributed by atoms with Crippen LogP contribution in [0.1, 0.15) is 31.1 Å². The molecular formula is C33H37BrO16. The van der Waals surface area contributed by atoms with Crippen LogP contribution in [0.3, 0.4) is 0 Å². The number of phenolic OH excluding ortho intramolecular Hbond substituents is 7. The fourth-order valence-electron chi connectivity index (χ4n) is 3.21. The SMILES string of the molecule is C=CCBr.C=CCOc1cc(C(=O)OC)cc(O)c1O.COC(=O)c1cc(O)c(O)c(O)c1.COC(=O)c1cc(O)c(O)c(OCC2CO2)c1. The summed E-state index contributed by atoms with van der Waals surface area (Å²) >= 11 is 3.13. The summed E-state index contributed by atoms with van der Waals surface area (Å²) in [7, 11) is 3.62. The number of allylic oxidation sites excluding steroid dienone is 1. The Kier molecular flexibility index (Phi) is 17.9. The molecule has 1 saturated heterocycles. The Hall–Kier alpha value is -5.81. The van der Waals surface area contributed by atoms with Crippen molar-refractivity contribution in [2.75, 3.05) is 46.5 Å². The lowest BCUT2D eigenvalue weighted by Crippen LogP contribution is -2.06. The summed E-state index contributed by atoms with van der Waals surface area (Å²) in [6.07, 6.45) is 3.28. The molecule has 1 unspecified atom stereocenters. The molecule has 0 saturated carbocycles. The number of hydrogen-bond acceptors (Lipinski definition) is 16. The predicted molar refractivity (Wildman–Crippen MR) is 180 cm³/mol. The lowest BCUT2D eigenvalue weighted by Gasteiger charge is -2.09. The maximum Gasteiger partial charge on any atom is 0.338 e. The Morgan fingerprint density at radius 2 is 1.02 bits per heavy atom. The number of methoxy groups -OCH3 is 3. The number of benzene rings is 3. The zero-order valence-electron chi connectivity index (χ0n) is 27.1. The first-order valence-corrected chi connectivity index (χ1v) is 15.1. The van der Waals surface area contributed by atoms with Crippen molar-refractivity contribution in [1.82, 2.24) is 0 Å². The summed E-state index contributed by atoms with van der Waals surface area (Å²) in [5, 5.41) is 65.6. The van der Waals surface area contributed by atoms with Crippen molar-refractivity contribution in [1.29, 1.82) is 0 Å². The number of aromatic hydroxyl groups is 7. The van der Waals surface area contributed by atoms with Crippen molar-refractivity contribution in [2.45, 2.75) is 6.10 Å². The molecule has 0 bridgehead atoms. The highest BCUT2D eigenvalue weighted by Crippen LogP contribution is 2.38. The third-order valence-corrected chi connectivity index (χ3v) is 6.19. The summed E-state index contributed by atoms with van der Waals surface area (Å²) in [5.41, 5.74) is 0.168. The highest BCUT2D eigenvalue weighted by atomic mass is 79.9. The lowest BCUT2D eigenvalue weighted by atomic mass is 10.2. The minimum absolute atomic E-state index is 0.000278. The molecule has 272 valence electrons. The molecule has 0 aliphatic carbocycles. The Labute approximate surface area is 294 Å². The van der Waals surface area contributed by atoms with Gasteiger partial charge in [-0.1, -0.05) is 34.7 Å². The highest BCUT2D eigenvalue weighted by molar-refractivity contribution is 9.09. The van der Waals surface area contributed by atoms with E-state index in [-0.39, 0.29) is 47.5 Å². The number of carbonyl (C=O) groups excluding carboxylic acids is 3. The van der Waals surface area contributed by atoms with Crippen LogP contribution in [0.25, 0.3) is 0 Å². The van der Waals surface area contributed by atoms with Crippen LogP contribution in [0.4, 0.5) is 0 Å². The van der Waals surface area contributed by atoms with Gasteiger partial charge in [-0.25, -0.2) is 14.4 Å². The second-order valence-electron chi connectivity index (χ2n) is 9.33. The van der Waals surface area contributed by atoms with E-state index in [1.165, 1.54) is 39.5 Å². The van der Waals surface area contributed by atoms with Crippen molar-refractivity contribution in [3.05, 3.63) is 78.4 Å². The first kappa shape index (κ1) is 42.2. The van der Waals surface area contributed by atoms with Crippen LogP contribution in [-0.2, 0) is 18.9 Å². The van der Waals surface area contributed by atoms with Crippen LogP contribution in [0.5, 0.6) is 51.7 Å². The largest absolute Gasteiger partial charge is 0.504 e. The van der Waals surface area contributed by atoms with E-state index in [1.807, 2.05) is 0 Å². The number of hydrogen-bond donors (Lipinski definition) is 7. The fraction of sp³-hybridized carbons (Fsp3) is 0.242. The van der Waals surface area contributed by atoms with Crippen LogP contribution in [-0.4, -0.2) is 106 Å². The third kappa shape index (κ3) is 13.4. The first-order chi connectivity index (χ1) is 23.7. The van der Waals surface area contributed by atoms with Crippen LogP contribution in [0.15, 0.2) is 61.7 Å². The van der Waals surface area contributed by atoms with Gasteiger partial charge in [0, 0.05) is 5.33 Å². The van der Waals surface area contributed by atoms with Gasteiger partial charge in [0.05, 0.1) is 44.6 Å². The Bertz CT molecular complexity index is 1610. The number of alkyl halides is 1. The predicted octanol–water partition coefficient (Wildman–Crippen LogP) is 4.27. The van der Waals surface area contributed by atoms with Gasteiger partial charge in [-0.15, -0.1) is 6.58 Å². The van der Waals surface area contributed by atoms with Gasteiger partial charge in [-0.3, -0.25) is 0 Å². The van der Waals surface area contributed by atoms with Crippen LogP contribution in [0, 0.1) is 0 Å². The van der Waals surface area contributed by atoms with E-state index >= 15 is 0 Å². The molecule has 0 spiro atoms. The number of ether oxygens (including phenoxy) is 6. The Balaban J connectivity index is 0.000000358. The van der Waals surface area contributed by atoms with Gasteiger partial charge in [0.25, 0.3) is 0 Å². The lowest BCUT2D eigenvalue weighted by molar-refractivity contribution is 0.0591. The minimum atomic E-state index is -0.703. The normalized spacial score (nSPS) is 12.0. The monoisotopic (exact) mass is 768 g/mol. The zero-order chi connectivity index (χ0) is 38.0. The fourth-order valence-corrected chi connectivity index (χ4v) is 3.21. The third-order valence-electron chi connectivity index (χ3n) is 5.74. The van der Waals surface area contributed by atoms with E-state index in [0.717, 1.165) is 29.6 Å². The minimum Gasteiger partial charge on any atom is -0.504 e. The van der Waals surface area contributed by atoms with Gasteiger partial charge < -0.3 is 64.2 Å². The molecule has 1 fully saturated rings. The molecule has 0 amide bonds. The standard InChI is InChI=1S/C11H12O6.C11H12O5.C8H8O5.C3H5Br/c1-15-11(14)6-2-8(12)10(13)9(3-6)17-5-7-4-16-7;1-3-4-16-9-6-7(11(14)15-2)5-8(12)10(9)13;1-13-8(12)4-2-5(9)7(11)6(10)3-4;1-2-3-4/h2-3,7,12-13H,4-5H2,1H3;3,5-6,12-13H,1,4H2,2H3;2-3,9-11H,1H3;2H,1,3H2. The Morgan fingerprint density at radius 3 is 1.34 bits per heavy atom. The van der Waals surface area contributed by atoms with E-state index in [2.05, 4.69) is 43.3 Å². The van der Waals surface area contributed by atoms with Gasteiger partial charge in [-0.05, 0) is 36.4 Å². The van der Waals surface area contributed by atoms with Gasteiger partial charge >= 0.3 is 17.9 Å². The molecule has 1 atom stereocenters. The summed E-state index contributed by atoms with van der Waals surface area (Å²) < 4.78 is 28.6. The van der Waals surface area contributed by atoms with E-state index in [0.29, 0.717) is 6.61 Å². The molecule has 3 aromatic carbocycles. The average molecular weight is 770 g/mol. The van der Waals surface area contributed by atoms with Crippen molar-refractivity contribution in [3.63, 3.8) is 0 Å². The summed E-state index contributed by atoms with van der Waals surface area (Å²) in [6, 6.07) is 6.80. The quantitative estimate of drug-likeness (QED) is 0.0380. The maximum absolute atomic E-state index is 11.3. The number of epoxide rings is 1. The van der Waals surface area contributed by atoms with Crippen LogP contribution >= 0.6 is 15.9 Å². The van der Waals surface area contributed by atoms with Crippen molar-refractivity contribution in [3.8, 4) is 51.7 Å². The van der Waals surface area contributed by atoms with E-state index in [4.69, 9.17) is 29.5 Å². The van der Waals surface area contributed by atoms with Crippen LogP contribution < -0.4 is 9.47 Å². The number of carbonyl (C=O) groups is 3. The molecule has 0 aromatic heterocycles. The number of phenols is 7. The molecule has 3 aromatic rings. The van der Waals surface area contributed by atoms with Crippen molar-refractivity contribution >= 4 is 33.8 Å². The summed E-state index contributed by atoms with van der Waals surface area (Å²) in [6.45, 7) is 7.90. The average Bonchev–Trinajstić information content (AvgIpc) is 3.95.